The molecule has 0 aromatic heterocycles. The first-order valence-electron chi connectivity index (χ1n) is 4.07. The molecule has 0 aromatic carbocycles. The van der Waals surface area contributed by atoms with Crippen molar-refractivity contribution in [2.75, 3.05) is 39.6 Å². The van der Waals surface area contributed by atoms with Crippen LogP contribution in [-0.2, 0) is 9.47 Å². The second-order valence-corrected chi connectivity index (χ2v) is 2.07. The van der Waals surface area contributed by atoms with Crippen molar-refractivity contribution in [2.24, 2.45) is 11.5 Å². The number of hydrogen-bond acceptors (Lipinski definition) is 5. The summed E-state index contributed by atoms with van der Waals surface area (Å²) >= 11 is 0. The van der Waals surface area contributed by atoms with Crippen molar-refractivity contribution in [1.29, 1.82) is 0 Å². The van der Waals surface area contributed by atoms with Gasteiger partial charge in [0.05, 0.1) is 39.6 Å². The van der Waals surface area contributed by atoms with Crippen molar-refractivity contribution in [2.45, 2.75) is 0 Å². The van der Waals surface area contributed by atoms with Gasteiger partial charge in [-0.1, -0.05) is 0 Å². The molecule has 0 radical (unpaired) electrons. The molecule has 0 aliphatic heterocycles. The summed E-state index contributed by atoms with van der Waals surface area (Å²) in [7, 11) is 0. The minimum absolute atomic E-state index is 0.0417. The minimum atomic E-state index is -0.833. The molecule has 86 valence electrons. The molecule has 0 spiro atoms. The predicted octanol–water partition coefficient (Wildman–Crippen LogP) is -1.97. The van der Waals surface area contributed by atoms with Crippen LogP contribution in [0.3, 0.4) is 0 Å². The van der Waals surface area contributed by atoms with E-state index in [0.29, 0.717) is 26.4 Å². The summed E-state index contributed by atoms with van der Waals surface area (Å²) in [5.74, 6) is 0. The second-order valence-electron chi connectivity index (χ2n) is 2.07. The number of aliphatic hydroxyl groups excluding tert-OH is 2. The maximum Gasteiger partial charge on any atom is 0.309 e. The van der Waals surface area contributed by atoms with E-state index in [-0.39, 0.29) is 13.2 Å². The van der Waals surface area contributed by atoms with Crippen molar-refractivity contribution < 1.29 is 24.5 Å². The number of amides is 2. The van der Waals surface area contributed by atoms with E-state index in [4.69, 9.17) is 24.5 Å². The summed E-state index contributed by atoms with van der Waals surface area (Å²) in [6.07, 6.45) is 0. The van der Waals surface area contributed by atoms with Gasteiger partial charge >= 0.3 is 6.03 Å². The zero-order valence-electron chi connectivity index (χ0n) is 8.02. The number of carbonyl (C=O) groups excluding carboxylic acids is 1. The quantitative estimate of drug-likeness (QED) is 0.362. The van der Waals surface area contributed by atoms with Gasteiger partial charge in [-0.05, 0) is 0 Å². The molecule has 6 N–H and O–H groups in total. The molecule has 14 heavy (non-hydrogen) atoms. The lowest BCUT2D eigenvalue weighted by Crippen LogP contribution is -2.18. The Balaban J connectivity index is 0. The van der Waals surface area contributed by atoms with Crippen LogP contribution in [0.5, 0.6) is 0 Å². The fraction of sp³-hybridized carbons (Fsp3) is 0.857. The van der Waals surface area contributed by atoms with Crippen LogP contribution in [0, 0.1) is 0 Å². The normalized spacial score (nSPS) is 9.00. The summed E-state index contributed by atoms with van der Waals surface area (Å²) in [5, 5.41) is 16.5. The number of ether oxygens (including phenoxy) is 2. The summed E-state index contributed by atoms with van der Waals surface area (Å²) < 4.78 is 9.75. The van der Waals surface area contributed by atoms with Crippen molar-refractivity contribution in [3.8, 4) is 0 Å². The van der Waals surface area contributed by atoms with E-state index in [1.165, 1.54) is 0 Å². The zero-order chi connectivity index (χ0) is 11.2. The Morgan fingerprint density at radius 3 is 1.43 bits per heavy atom. The first-order valence-corrected chi connectivity index (χ1v) is 4.07. The third kappa shape index (κ3) is 30.4. The summed E-state index contributed by atoms with van der Waals surface area (Å²) in [4.78, 5) is 9.00. The molecule has 0 saturated carbocycles. The minimum Gasteiger partial charge on any atom is -0.394 e. The summed E-state index contributed by atoms with van der Waals surface area (Å²) in [6.45, 7) is 1.73. The lowest BCUT2D eigenvalue weighted by molar-refractivity contribution is 0.0222. The molecule has 7 heteroatoms. The van der Waals surface area contributed by atoms with Gasteiger partial charge in [-0.2, -0.15) is 0 Å². The van der Waals surface area contributed by atoms with Crippen LogP contribution < -0.4 is 11.5 Å². The van der Waals surface area contributed by atoms with E-state index in [1.54, 1.807) is 0 Å². The standard InChI is InChI=1S/C6H14O4.CH4N2O/c7-1-3-9-5-6-10-4-2-8;2-1(3)4/h7-8H,1-6H2;(H4,2,3,4). The smallest absolute Gasteiger partial charge is 0.309 e. The van der Waals surface area contributed by atoms with E-state index in [9.17, 15) is 0 Å². The monoisotopic (exact) mass is 210 g/mol. The number of urea groups is 1. The molecule has 0 unspecified atom stereocenters. The highest BCUT2D eigenvalue weighted by atomic mass is 16.5. The molecule has 0 aliphatic carbocycles. The molecule has 2 amide bonds. The largest absolute Gasteiger partial charge is 0.394 e. The summed E-state index contributed by atoms with van der Waals surface area (Å²) in [6, 6.07) is -0.833. The average Bonchev–Trinajstić information content (AvgIpc) is 2.10. The van der Waals surface area contributed by atoms with E-state index >= 15 is 0 Å². The molecule has 0 fully saturated rings. The maximum atomic E-state index is 9.00. The number of nitrogens with two attached hydrogens (primary N) is 2. The number of primary amides is 2. The maximum absolute atomic E-state index is 9.00. The molecule has 0 heterocycles. The molecule has 0 saturated heterocycles. The van der Waals surface area contributed by atoms with Crippen molar-refractivity contribution in [1.82, 2.24) is 0 Å². The third-order valence-electron chi connectivity index (χ3n) is 0.843. The van der Waals surface area contributed by atoms with E-state index in [2.05, 4.69) is 11.5 Å². The van der Waals surface area contributed by atoms with Crippen LogP contribution in [-0.4, -0.2) is 55.9 Å². The van der Waals surface area contributed by atoms with Gasteiger partial charge in [0.15, 0.2) is 0 Å². The van der Waals surface area contributed by atoms with Crippen molar-refractivity contribution >= 4 is 6.03 Å². The van der Waals surface area contributed by atoms with Gasteiger partial charge < -0.3 is 31.2 Å². The fourth-order valence-electron chi connectivity index (χ4n) is 0.451. The van der Waals surface area contributed by atoms with Gasteiger partial charge in [0.1, 0.15) is 0 Å². The molecule has 0 aliphatic rings. The van der Waals surface area contributed by atoms with Gasteiger partial charge in [0.25, 0.3) is 0 Å². The second kappa shape index (κ2) is 14.6. The molecular formula is C7H18N2O5. The SMILES string of the molecule is NC(N)=O.OCCOCCOCCO. The Labute approximate surface area is 82.6 Å². The zero-order valence-corrected chi connectivity index (χ0v) is 8.02. The topological polar surface area (TPSA) is 128 Å². The van der Waals surface area contributed by atoms with E-state index in [1.807, 2.05) is 0 Å². The van der Waals surface area contributed by atoms with Gasteiger partial charge in [-0.25, -0.2) is 4.79 Å². The molecular weight excluding hydrogens is 192 g/mol. The van der Waals surface area contributed by atoms with Gasteiger partial charge in [-0.15, -0.1) is 0 Å². The van der Waals surface area contributed by atoms with Gasteiger partial charge in [0.2, 0.25) is 0 Å². The third-order valence-corrected chi connectivity index (χ3v) is 0.843. The van der Waals surface area contributed by atoms with Crippen LogP contribution in [0.1, 0.15) is 0 Å². The Hall–Kier alpha value is -0.890. The Bertz CT molecular complexity index is 111. The van der Waals surface area contributed by atoms with Gasteiger partial charge in [-0.3, -0.25) is 0 Å². The molecule has 0 aromatic rings. The van der Waals surface area contributed by atoms with Crippen LogP contribution in [0.25, 0.3) is 0 Å². The number of hydrogen-bond donors (Lipinski definition) is 4. The van der Waals surface area contributed by atoms with Crippen molar-refractivity contribution in [3.63, 3.8) is 0 Å². The lowest BCUT2D eigenvalue weighted by Gasteiger charge is -2.01. The first kappa shape index (κ1) is 15.6. The summed E-state index contributed by atoms with van der Waals surface area (Å²) in [5.41, 5.74) is 8.50. The molecule has 0 bridgehead atoms. The molecule has 7 nitrogen and oxygen atoms in total. The van der Waals surface area contributed by atoms with Crippen LogP contribution in [0.4, 0.5) is 4.79 Å². The van der Waals surface area contributed by atoms with Crippen LogP contribution in [0.15, 0.2) is 0 Å². The highest BCUT2D eigenvalue weighted by Gasteiger charge is 1.86. The number of aliphatic hydroxyl groups is 2. The highest BCUT2D eigenvalue weighted by molar-refractivity contribution is 5.69. The van der Waals surface area contributed by atoms with Crippen LogP contribution in [0.2, 0.25) is 0 Å². The Morgan fingerprint density at radius 2 is 1.21 bits per heavy atom. The fourth-order valence-corrected chi connectivity index (χ4v) is 0.451. The lowest BCUT2D eigenvalue weighted by atomic mass is 10.7. The van der Waals surface area contributed by atoms with E-state index in [0.717, 1.165) is 0 Å². The molecule has 0 rings (SSSR count). The van der Waals surface area contributed by atoms with E-state index < -0.39 is 6.03 Å². The Morgan fingerprint density at radius 1 is 0.929 bits per heavy atom. The van der Waals surface area contributed by atoms with Crippen LogP contribution >= 0.6 is 0 Å². The highest BCUT2D eigenvalue weighted by Crippen LogP contribution is 1.76. The molecule has 0 atom stereocenters. The Kier molecular flexibility index (Phi) is 16.3. The predicted molar refractivity (Wildman–Crippen MR) is 49.6 cm³/mol. The van der Waals surface area contributed by atoms with Gasteiger partial charge in [0, 0.05) is 0 Å². The number of carbonyl (C=O) groups is 1. The number of rotatable bonds is 7. The van der Waals surface area contributed by atoms with Crippen molar-refractivity contribution in [3.05, 3.63) is 0 Å². The first-order chi connectivity index (χ1) is 6.65. The average molecular weight is 210 g/mol.